The average Bonchev–Trinajstić information content (AvgIpc) is 2.83. The first kappa shape index (κ1) is 11.9. The Morgan fingerprint density at radius 3 is 2.78 bits per heavy atom. The fourth-order valence-corrected chi connectivity index (χ4v) is 3.41. The van der Waals surface area contributed by atoms with Crippen molar-refractivity contribution < 1.29 is 4.79 Å². The van der Waals surface area contributed by atoms with E-state index in [1.807, 2.05) is 17.5 Å². The molecule has 1 unspecified atom stereocenters. The summed E-state index contributed by atoms with van der Waals surface area (Å²) >= 11 is 7.43. The molecule has 1 aliphatic heterocycles. The Labute approximate surface area is 115 Å². The molecule has 1 aromatic heterocycles. The first-order valence-electron chi connectivity index (χ1n) is 5.83. The van der Waals surface area contributed by atoms with Gasteiger partial charge in [0.1, 0.15) is 0 Å². The van der Waals surface area contributed by atoms with Crippen LogP contribution in [0.4, 0.5) is 0 Å². The van der Waals surface area contributed by atoms with Crippen LogP contribution in [0, 0.1) is 0 Å². The van der Waals surface area contributed by atoms with E-state index in [0.29, 0.717) is 9.90 Å². The summed E-state index contributed by atoms with van der Waals surface area (Å²) in [5, 5.41) is 5.70. The van der Waals surface area contributed by atoms with Gasteiger partial charge in [-0.15, -0.1) is 11.3 Å². The Morgan fingerprint density at radius 2 is 2.06 bits per heavy atom. The van der Waals surface area contributed by atoms with Crippen LogP contribution >= 0.6 is 22.9 Å². The third-order valence-electron chi connectivity index (χ3n) is 3.24. The lowest BCUT2D eigenvalue weighted by Gasteiger charge is -2.24. The van der Waals surface area contributed by atoms with Crippen LogP contribution in [0.5, 0.6) is 0 Å². The Hall–Kier alpha value is -1.16. The maximum absolute atomic E-state index is 12.4. The molecule has 1 aliphatic rings. The molecule has 1 N–H and O–H groups in total. The van der Waals surface area contributed by atoms with Gasteiger partial charge in [0.25, 0.3) is 0 Å². The predicted molar refractivity (Wildman–Crippen MR) is 74.4 cm³/mol. The molecule has 2 nitrogen and oxygen atoms in total. The van der Waals surface area contributed by atoms with E-state index >= 15 is 0 Å². The molecule has 0 radical (unpaired) electrons. The summed E-state index contributed by atoms with van der Waals surface area (Å²) in [5.41, 5.74) is 2.53. The number of rotatable bonds is 2. The Balaban J connectivity index is 1.84. The zero-order valence-corrected chi connectivity index (χ0v) is 11.2. The molecule has 0 saturated heterocycles. The van der Waals surface area contributed by atoms with Gasteiger partial charge >= 0.3 is 0 Å². The van der Waals surface area contributed by atoms with Crippen LogP contribution in [0.15, 0.2) is 35.7 Å². The van der Waals surface area contributed by atoms with E-state index in [0.717, 1.165) is 13.0 Å². The van der Waals surface area contributed by atoms with Crippen molar-refractivity contribution in [1.82, 2.24) is 5.32 Å². The number of Topliss-reactive ketones (excluding diaryl/α,β-unsaturated/α-hetero) is 1. The Morgan fingerprint density at radius 1 is 1.28 bits per heavy atom. The van der Waals surface area contributed by atoms with Crippen molar-refractivity contribution in [3.05, 3.63) is 56.7 Å². The normalized spacial score (nSPS) is 18.4. The van der Waals surface area contributed by atoms with Gasteiger partial charge in [-0.1, -0.05) is 35.9 Å². The predicted octanol–water partition coefficient (Wildman–Crippen LogP) is 3.30. The van der Waals surface area contributed by atoms with Gasteiger partial charge in [0.05, 0.1) is 15.9 Å². The molecule has 0 bridgehead atoms. The van der Waals surface area contributed by atoms with Crippen molar-refractivity contribution in [3.63, 3.8) is 0 Å². The first-order chi connectivity index (χ1) is 8.75. The van der Waals surface area contributed by atoms with Crippen molar-refractivity contribution in [2.24, 2.45) is 0 Å². The number of carbonyl (C=O) groups is 1. The highest BCUT2D eigenvalue weighted by molar-refractivity contribution is 7.12. The van der Waals surface area contributed by atoms with Gasteiger partial charge in [-0.2, -0.15) is 0 Å². The molecule has 0 amide bonds. The number of halogens is 1. The minimum Gasteiger partial charge on any atom is -0.303 e. The van der Waals surface area contributed by atoms with Gasteiger partial charge in [-0.25, -0.2) is 0 Å². The lowest BCUT2D eigenvalue weighted by Crippen LogP contribution is -2.41. The topological polar surface area (TPSA) is 29.1 Å². The first-order valence-corrected chi connectivity index (χ1v) is 7.09. The highest BCUT2D eigenvalue weighted by atomic mass is 35.5. The highest BCUT2D eigenvalue weighted by Crippen LogP contribution is 2.26. The number of nitrogens with one attached hydrogen (secondary N) is 1. The fourth-order valence-electron chi connectivity index (χ4n) is 2.27. The van der Waals surface area contributed by atoms with Crippen molar-refractivity contribution in [2.45, 2.75) is 19.0 Å². The van der Waals surface area contributed by atoms with E-state index in [-0.39, 0.29) is 11.8 Å². The zero-order valence-electron chi connectivity index (χ0n) is 9.65. The van der Waals surface area contributed by atoms with Crippen LogP contribution in [0.25, 0.3) is 0 Å². The molecule has 92 valence electrons. The molecule has 0 fully saturated rings. The molecule has 1 aromatic carbocycles. The lowest BCUT2D eigenvalue weighted by atomic mass is 9.93. The maximum atomic E-state index is 12.4. The van der Waals surface area contributed by atoms with Crippen molar-refractivity contribution in [2.75, 3.05) is 0 Å². The number of ketones is 1. The van der Waals surface area contributed by atoms with E-state index < -0.39 is 0 Å². The molecular weight excluding hydrogens is 266 g/mol. The quantitative estimate of drug-likeness (QED) is 0.854. The molecular formula is C14H12ClNOS. The standard InChI is InChI=1S/C14H12ClNOS/c15-11-5-6-18-14(11)13(17)12-7-9-3-1-2-4-10(9)8-16-12/h1-6,12,16H,7-8H2. The van der Waals surface area contributed by atoms with Crippen LogP contribution in [-0.4, -0.2) is 11.8 Å². The van der Waals surface area contributed by atoms with Crippen LogP contribution in [0.2, 0.25) is 5.02 Å². The SMILES string of the molecule is O=C(c1sccc1Cl)C1Cc2ccccc2CN1. The molecule has 2 heterocycles. The van der Waals surface area contributed by atoms with Crippen LogP contribution in [0.3, 0.4) is 0 Å². The van der Waals surface area contributed by atoms with Gasteiger partial charge in [0.2, 0.25) is 0 Å². The van der Waals surface area contributed by atoms with Crippen LogP contribution < -0.4 is 5.32 Å². The minimum absolute atomic E-state index is 0.101. The lowest BCUT2D eigenvalue weighted by molar-refractivity contribution is 0.0942. The van der Waals surface area contributed by atoms with Crippen molar-refractivity contribution >= 4 is 28.7 Å². The number of benzene rings is 1. The van der Waals surface area contributed by atoms with E-state index in [2.05, 4.69) is 17.4 Å². The summed E-state index contributed by atoms with van der Waals surface area (Å²) in [7, 11) is 0. The summed E-state index contributed by atoms with van der Waals surface area (Å²) in [6.07, 6.45) is 0.739. The highest BCUT2D eigenvalue weighted by Gasteiger charge is 2.26. The number of carbonyl (C=O) groups excluding carboxylic acids is 1. The molecule has 0 spiro atoms. The molecule has 2 aromatic rings. The Bertz CT molecular complexity index is 593. The molecule has 18 heavy (non-hydrogen) atoms. The number of hydrogen-bond acceptors (Lipinski definition) is 3. The second-order valence-corrected chi connectivity index (χ2v) is 5.69. The fraction of sp³-hybridized carbons (Fsp3) is 0.214. The number of thiophene rings is 1. The van der Waals surface area contributed by atoms with Gasteiger partial charge in [-0.05, 0) is 29.0 Å². The minimum atomic E-state index is -0.156. The maximum Gasteiger partial charge on any atom is 0.191 e. The van der Waals surface area contributed by atoms with E-state index in [1.165, 1.54) is 22.5 Å². The zero-order chi connectivity index (χ0) is 12.5. The third kappa shape index (κ3) is 2.09. The van der Waals surface area contributed by atoms with Gasteiger partial charge < -0.3 is 5.32 Å². The summed E-state index contributed by atoms with van der Waals surface area (Å²) in [4.78, 5) is 13.0. The monoisotopic (exact) mass is 277 g/mol. The van der Waals surface area contributed by atoms with Crippen LogP contribution in [0.1, 0.15) is 20.8 Å². The summed E-state index contributed by atoms with van der Waals surface area (Å²) in [6.45, 7) is 0.746. The van der Waals surface area contributed by atoms with Crippen LogP contribution in [-0.2, 0) is 13.0 Å². The molecule has 4 heteroatoms. The van der Waals surface area contributed by atoms with Gasteiger partial charge in [0.15, 0.2) is 5.78 Å². The van der Waals surface area contributed by atoms with Gasteiger partial charge in [-0.3, -0.25) is 4.79 Å². The second-order valence-electron chi connectivity index (χ2n) is 4.37. The van der Waals surface area contributed by atoms with E-state index in [4.69, 9.17) is 11.6 Å². The summed E-state index contributed by atoms with van der Waals surface area (Å²) < 4.78 is 0. The molecule has 1 atom stereocenters. The largest absolute Gasteiger partial charge is 0.303 e. The smallest absolute Gasteiger partial charge is 0.191 e. The summed E-state index contributed by atoms with van der Waals surface area (Å²) in [6, 6.07) is 9.85. The molecule has 0 aliphatic carbocycles. The second kappa shape index (κ2) is 4.84. The Kier molecular flexibility index (Phi) is 3.20. The average molecular weight is 278 g/mol. The van der Waals surface area contributed by atoms with Crippen molar-refractivity contribution in [3.8, 4) is 0 Å². The number of fused-ring (bicyclic) bond motifs is 1. The number of hydrogen-bond donors (Lipinski definition) is 1. The van der Waals surface area contributed by atoms with E-state index in [9.17, 15) is 4.79 Å². The molecule has 3 rings (SSSR count). The third-order valence-corrected chi connectivity index (χ3v) is 4.59. The van der Waals surface area contributed by atoms with Crippen molar-refractivity contribution in [1.29, 1.82) is 0 Å². The van der Waals surface area contributed by atoms with Gasteiger partial charge in [0, 0.05) is 6.54 Å². The van der Waals surface area contributed by atoms with E-state index in [1.54, 1.807) is 6.07 Å². The summed E-state index contributed by atoms with van der Waals surface area (Å²) in [5.74, 6) is 0.101. The molecule has 0 saturated carbocycles.